The van der Waals surface area contributed by atoms with Crippen LogP contribution in [0.1, 0.15) is 21.7 Å². The maximum absolute atomic E-state index is 12.1. The zero-order valence-corrected chi connectivity index (χ0v) is 11.2. The highest BCUT2D eigenvalue weighted by molar-refractivity contribution is 5.98. The van der Waals surface area contributed by atoms with Gasteiger partial charge in [-0.3, -0.25) is 9.78 Å². The quantitative estimate of drug-likeness (QED) is 0.765. The van der Waals surface area contributed by atoms with Crippen molar-refractivity contribution in [1.82, 2.24) is 15.3 Å². The Balaban J connectivity index is 1.77. The number of H-pyrrole nitrogens is 1. The maximum atomic E-state index is 12.1. The van der Waals surface area contributed by atoms with Gasteiger partial charge in [-0.1, -0.05) is 24.3 Å². The lowest BCUT2D eigenvalue weighted by Crippen LogP contribution is -2.23. The molecule has 0 saturated carbocycles. The van der Waals surface area contributed by atoms with Crippen LogP contribution in [-0.4, -0.2) is 15.9 Å². The minimum atomic E-state index is -0.119. The smallest absolute Gasteiger partial charge is 0.268 e. The number of nitrogens with zero attached hydrogens (tertiary/aromatic N) is 1. The second kappa shape index (κ2) is 5.17. The summed E-state index contributed by atoms with van der Waals surface area (Å²) in [5, 5.41) is 3.91. The lowest BCUT2D eigenvalue weighted by atomic mass is 10.2. The van der Waals surface area contributed by atoms with E-state index in [2.05, 4.69) is 15.3 Å². The van der Waals surface area contributed by atoms with Crippen molar-refractivity contribution in [2.24, 2.45) is 0 Å². The first-order valence-corrected chi connectivity index (χ1v) is 6.50. The minimum Gasteiger partial charge on any atom is -0.350 e. The molecule has 0 aliphatic rings. The van der Waals surface area contributed by atoms with Crippen LogP contribution in [-0.2, 0) is 6.54 Å². The number of amides is 1. The lowest BCUT2D eigenvalue weighted by Gasteiger charge is -2.02. The van der Waals surface area contributed by atoms with Gasteiger partial charge < -0.3 is 10.3 Å². The molecule has 20 heavy (non-hydrogen) atoms. The number of carbonyl (C=O) groups is 1. The van der Waals surface area contributed by atoms with E-state index >= 15 is 0 Å². The first-order valence-electron chi connectivity index (χ1n) is 6.50. The normalized spacial score (nSPS) is 10.7. The highest BCUT2D eigenvalue weighted by atomic mass is 16.1. The summed E-state index contributed by atoms with van der Waals surface area (Å²) < 4.78 is 0. The van der Waals surface area contributed by atoms with Crippen LogP contribution in [0.5, 0.6) is 0 Å². The number of hydrogen-bond acceptors (Lipinski definition) is 2. The van der Waals surface area contributed by atoms with Gasteiger partial charge in [0.1, 0.15) is 5.69 Å². The summed E-state index contributed by atoms with van der Waals surface area (Å²) in [6, 6.07) is 13.5. The molecule has 0 fully saturated rings. The molecule has 2 heterocycles. The van der Waals surface area contributed by atoms with E-state index in [1.54, 1.807) is 6.20 Å². The number of aromatic amines is 1. The Labute approximate surface area is 116 Å². The Morgan fingerprint density at radius 2 is 2.15 bits per heavy atom. The van der Waals surface area contributed by atoms with Crippen molar-refractivity contribution in [3.8, 4) is 0 Å². The second-order valence-electron chi connectivity index (χ2n) is 4.73. The predicted molar refractivity (Wildman–Crippen MR) is 78.4 cm³/mol. The number of aryl methyl sites for hydroxylation is 1. The molecule has 4 nitrogen and oxygen atoms in total. The summed E-state index contributed by atoms with van der Waals surface area (Å²) in [5.41, 5.74) is 3.56. The van der Waals surface area contributed by atoms with Gasteiger partial charge in [0.15, 0.2) is 0 Å². The molecule has 1 aromatic carbocycles. The summed E-state index contributed by atoms with van der Waals surface area (Å²) in [6.45, 7) is 2.45. The fraction of sp³-hybridized carbons (Fsp3) is 0.125. The Morgan fingerprint density at radius 1 is 1.25 bits per heavy atom. The van der Waals surface area contributed by atoms with E-state index in [-0.39, 0.29) is 5.91 Å². The van der Waals surface area contributed by atoms with Crippen LogP contribution >= 0.6 is 0 Å². The second-order valence-corrected chi connectivity index (χ2v) is 4.73. The average molecular weight is 265 g/mol. The third-order valence-electron chi connectivity index (χ3n) is 3.27. The van der Waals surface area contributed by atoms with Crippen molar-refractivity contribution < 1.29 is 4.79 Å². The SMILES string of the molecule is Cc1cccc2cc(C(=O)NCc3ccccn3)[nH]c12. The molecule has 3 rings (SSSR count). The number of hydrogen-bond donors (Lipinski definition) is 2. The van der Waals surface area contributed by atoms with Crippen molar-refractivity contribution in [2.75, 3.05) is 0 Å². The fourth-order valence-corrected chi connectivity index (χ4v) is 2.20. The molecule has 0 aliphatic carbocycles. The van der Waals surface area contributed by atoms with Crippen LogP contribution in [0.15, 0.2) is 48.7 Å². The molecule has 0 radical (unpaired) electrons. The molecule has 4 heteroatoms. The molecule has 3 aromatic rings. The standard InChI is InChI=1S/C16H15N3O/c1-11-5-4-6-12-9-14(19-15(11)12)16(20)18-10-13-7-2-3-8-17-13/h2-9,19H,10H2,1H3,(H,18,20). The van der Waals surface area contributed by atoms with Gasteiger partial charge in [0.05, 0.1) is 12.2 Å². The van der Waals surface area contributed by atoms with Crippen LogP contribution in [0.2, 0.25) is 0 Å². The summed E-state index contributed by atoms with van der Waals surface area (Å²) in [5.74, 6) is -0.119. The molecule has 0 spiro atoms. The topological polar surface area (TPSA) is 57.8 Å². The minimum absolute atomic E-state index is 0.119. The van der Waals surface area contributed by atoms with Crippen LogP contribution in [0.25, 0.3) is 10.9 Å². The molecule has 0 atom stereocenters. The zero-order valence-electron chi connectivity index (χ0n) is 11.2. The van der Waals surface area contributed by atoms with Crippen molar-refractivity contribution in [3.05, 3.63) is 65.6 Å². The van der Waals surface area contributed by atoms with Crippen molar-refractivity contribution in [1.29, 1.82) is 0 Å². The van der Waals surface area contributed by atoms with Gasteiger partial charge in [-0.2, -0.15) is 0 Å². The monoisotopic (exact) mass is 265 g/mol. The Morgan fingerprint density at radius 3 is 2.90 bits per heavy atom. The molecule has 2 aromatic heterocycles. The van der Waals surface area contributed by atoms with Crippen LogP contribution in [0.4, 0.5) is 0 Å². The molecule has 1 amide bonds. The summed E-state index contributed by atoms with van der Waals surface area (Å²) in [4.78, 5) is 19.5. The van der Waals surface area contributed by atoms with Gasteiger partial charge in [0, 0.05) is 17.1 Å². The van der Waals surface area contributed by atoms with Crippen LogP contribution in [0.3, 0.4) is 0 Å². The van der Waals surface area contributed by atoms with E-state index in [4.69, 9.17) is 0 Å². The third kappa shape index (κ3) is 2.40. The fourth-order valence-electron chi connectivity index (χ4n) is 2.20. The molecule has 0 aliphatic heterocycles. The van der Waals surface area contributed by atoms with Gasteiger partial charge >= 0.3 is 0 Å². The highest BCUT2D eigenvalue weighted by Gasteiger charge is 2.10. The van der Waals surface area contributed by atoms with Gasteiger partial charge in [0.2, 0.25) is 0 Å². The predicted octanol–water partition coefficient (Wildman–Crippen LogP) is 2.80. The third-order valence-corrected chi connectivity index (χ3v) is 3.27. The Kier molecular flexibility index (Phi) is 3.21. The summed E-state index contributed by atoms with van der Waals surface area (Å²) in [6.07, 6.45) is 1.72. The number of rotatable bonds is 3. The van der Waals surface area contributed by atoms with E-state index in [1.165, 1.54) is 0 Å². The lowest BCUT2D eigenvalue weighted by molar-refractivity contribution is 0.0946. The number of aromatic nitrogens is 2. The van der Waals surface area contributed by atoms with E-state index in [1.807, 2.05) is 49.4 Å². The maximum Gasteiger partial charge on any atom is 0.268 e. The van der Waals surface area contributed by atoms with Crippen molar-refractivity contribution in [2.45, 2.75) is 13.5 Å². The summed E-state index contributed by atoms with van der Waals surface area (Å²) in [7, 11) is 0. The number of nitrogens with one attached hydrogen (secondary N) is 2. The molecule has 0 saturated heterocycles. The average Bonchev–Trinajstić information content (AvgIpc) is 2.91. The van der Waals surface area contributed by atoms with E-state index < -0.39 is 0 Å². The molecule has 0 bridgehead atoms. The number of carbonyl (C=O) groups excluding carboxylic acids is 1. The Hall–Kier alpha value is -2.62. The van der Waals surface area contributed by atoms with E-state index in [9.17, 15) is 4.79 Å². The van der Waals surface area contributed by atoms with Crippen molar-refractivity contribution >= 4 is 16.8 Å². The van der Waals surface area contributed by atoms with Crippen LogP contribution in [0, 0.1) is 6.92 Å². The van der Waals surface area contributed by atoms with Gasteiger partial charge in [-0.15, -0.1) is 0 Å². The highest BCUT2D eigenvalue weighted by Crippen LogP contribution is 2.18. The largest absolute Gasteiger partial charge is 0.350 e. The number of para-hydroxylation sites is 1. The summed E-state index contributed by atoms with van der Waals surface area (Å²) >= 11 is 0. The first kappa shape index (κ1) is 12.4. The van der Waals surface area contributed by atoms with Crippen LogP contribution < -0.4 is 5.32 Å². The molecule has 100 valence electrons. The number of fused-ring (bicyclic) bond motifs is 1. The van der Waals surface area contributed by atoms with Gasteiger partial charge in [-0.05, 0) is 30.7 Å². The molecular weight excluding hydrogens is 250 g/mol. The van der Waals surface area contributed by atoms with E-state index in [0.717, 1.165) is 22.2 Å². The number of pyridine rings is 1. The molecular formula is C16H15N3O. The molecule has 2 N–H and O–H groups in total. The van der Waals surface area contributed by atoms with Crippen molar-refractivity contribution in [3.63, 3.8) is 0 Å². The molecule has 0 unspecified atom stereocenters. The number of benzene rings is 1. The van der Waals surface area contributed by atoms with Gasteiger partial charge in [0.25, 0.3) is 5.91 Å². The first-order chi connectivity index (χ1) is 9.74. The van der Waals surface area contributed by atoms with Gasteiger partial charge in [-0.25, -0.2) is 0 Å². The zero-order chi connectivity index (χ0) is 13.9. The Bertz CT molecular complexity index is 747. The van der Waals surface area contributed by atoms with E-state index in [0.29, 0.717) is 12.2 Å².